The Morgan fingerprint density at radius 3 is 3.03 bits per heavy atom. The van der Waals surface area contributed by atoms with Gasteiger partial charge in [-0.25, -0.2) is 0 Å². The lowest BCUT2D eigenvalue weighted by molar-refractivity contribution is 0.102. The highest BCUT2D eigenvalue weighted by atomic mass is 32.1. The Labute approximate surface area is 177 Å². The van der Waals surface area contributed by atoms with Crippen molar-refractivity contribution in [3.63, 3.8) is 0 Å². The highest BCUT2D eigenvalue weighted by Gasteiger charge is 2.15. The average Bonchev–Trinajstić information content (AvgIpc) is 3.24. The number of hydrogen-bond acceptors (Lipinski definition) is 7. The van der Waals surface area contributed by atoms with E-state index in [2.05, 4.69) is 25.8 Å². The molecule has 7 nitrogen and oxygen atoms in total. The molecule has 0 spiro atoms. The van der Waals surface area contributed by atoms with Crippen LogP contribution < -0.4 is 15.4 Å². The first-order chi connectivity index (χ1) is 14.8. The van der Waals surface area contributed by atoms with Gasteiger partial charge in [-0.15, -0.1) is 10.2 Å². The van der Waals surface area contributed by atoms with Crippen LogP contribution in [0.5, 0.6) is 5.75 Å². The lowest BCUT2D eigenvalue weighted by atomic mass is 9.98. The first-order valence-corrected chi connectivity index (χ1v) is 10.5. The molecule has 8 heteroatoms. The van der Waals surface area contributed by atoms with Crippen molar-refractivity contribution in [3.8, 4) is 5.75 Å². The van der Waals surface area contributed by atoms with Crippen molar-refractivity contribution < 1.29 is 9.53 Å². The maximum atomic E-state index is 12.6. The van der Waals surface area contributed by atoms with Crippen molar-refractivity contribution in [3.05, 3.63) is 76.4 Å². The topological polar surface area (TPSA) is 89.0 Å². The van der Waals surface area contributed by atoms with E-state index in [1.807, 2.05) is 48.5 Å². The number of hydrogen-bond donors (Lipinski definition) is 2. The zero-order chi connectivity index (χ0) is 20.3. The molecule has 2 aromatic carbocycles. The Morgan fingerprint density at radius 2 is 2.07 bits per heavy atom. The van der Waals surface area contributed by atoms with Crippen LogP contribution in [0.4, 0.5) is 5.13 Å². The molecule has 0 fully saturated rings. The second-order valence-electron chi connectivity index (χ2n) is 6.99. The summed E-state index contributed by atoms with van der Waals surface area (Å²) in [6, 6.07) is 15.5. The molecule has 0 unspecified atom stereocenters. The van der Waals surface area contributed by atoms with Crippen molar-refractivity contribution in [2.75, 3.05) is 11.9 Å². The molecule has 5 rings (SSSR count). The number of amides is 1. The number of rotatable bonds is 5. The van der Waals surface area contributed by atoms with Crippen LogP contribution in [0.3, 0.4) is 0 Å². The van der Waals surface area contributed by atoms with Gasteiger partial charge in [0.05, 0.1) is 0 Å². The van der Waals surface area contributed by atoms with Gasteiger partial charge in [0.15, 0.2) is 5.01 Å². The number of nitrogens with zero attached hydrogens (tertiary/aromatic N) is 3. The van der Waals surface area contributed by atoms with Gasteiger partial charge < -0.3 is 10.1 Å². The zero-order valence-electron chi connectivity index (χ0n) is 16.1. The highest BCUT2D eigenvalue weighted by molar-refractivity contribution is 7.15. The summed E-state index contributed by atoms with van der Waals surface area (Å²) in [7, 11) is 0. The predicted molar refractivity (Wildman–Crippen MR) is 116 cm³/mol. The number of fused-ring (bicyclic) bond motifs is 2. The number of benzene rings is 2. The molecule has 0 bridgehead atoms. The van der Waals surface area contributed by atoms with Crippen molar-refractivity contribution in [1.29, 1.82) is 0 Å². The summed E-state index contributed by atoms with van der Waals surface area (Å²) in [5, 5.41) is 16.5. The van der Waals surface area contributed by atoms with Crippen LogP contribution in [0.2, 0.25) is 0 Å². The minimum Gasteiger partial charge on any atom is -0.484 e. The van der Waals surface area contributed by atoms with Gasteiger partial charge in [-0.05, 0) is 48.4 Å². The molecule has 1 aliphatic rings. The summed E-state index contributed by atoms with van der Waals surface area (Å²) in [6.07, 6.45) is 2.67. The minimum absolute atomic E-state index is 0.182. The molecule has 0 saturated heterocycles. The second kappa shape index (κ2) is 8.17. The summed E-state index contributed by atoms with van der Waals surface area (Å²) in [4.78, 5) is 17.0. The van der Waals surface area contributed by atoms with Crippen molar-refractivity contribution >= 4 is 33.3 Å². The smallest absolute Gasteiger partial charge is 0.257 e. The van der Waals surface area contributed by atoms with Gasteiger partial charge in [0, 0.05) is 23.7 Å². The van der Waals surface area contributed by atoms with Crippen LogP contribution in [0.25, 0.3) is 10.9 Å². The largest absolute Gasteiger partial charge is 0.484 e. The fraction of sp³-hybridized carbons (Fsp3) is 0.182. The number of ether oxygens (including phenoxy) is 1. The molecular weight excluding hydrogens is 398 g/mol. The van der Waals surface area contributed by atoms with Crippen LogP contribution in [0, 0.1) is 0 Å². The minimum atomic E-state index is -0.182. The summed E-state index contributed by atoms with van der Waals surface area (Å²) in [5.41, 5.74) is 3.90. The number of carbonyl (C=O) groups is 1. The summed E-state index contributed by atoms with van der Waals surface area (Å²) in [5.74, 6) is 0.510. The maximum Gasteiger partial charge on any atom is 0.257 e. The van der Waals surface area contributed by atoms with Crippen LogP contribution in [0.1, 0.15) is 26.5 Å². The van der Waals surface area contributed by atoms with E-state index in [-0.39, 0.29) is 12.5 Å². The summed E-state index contributed by atoms with van der Waals surface area (Å²) >= 11 is 1.30. The van der Waals surface area contributed by atoms with Crippen molar-refractivity contribution in [1.82, 2.24) is 20.5 Å². The van der Waals surface area contributed by atoms with E-state index in [4.69, 9.17) is 4.74 Å². The zero-order valence-corrected chi connectivity index (χ0v) is 16.9. The number of para-hydroxylation sites is 1. The first kappa shape index (κ1) is 18.7. The van der Waals surface area contributed by atoms with Gasteiger partial charge in [-0.2, -0.15) is 0 Å². The Balaban J connectivity index is 1.25. The van der Waals surface area contributed by atoms with E-state index in [1.54, 1.807) is 6.20 Å². The SMILES string of the molecule is O=C(Nc1nnc(COc2cccc3cccnc23)s1)c1ccc2c(c1)CCNC2. The van der Waals surface area contributed by atoms with E-state index >= 15 is 0 Å². The monoisotopic (exact) mass is 417 g/mol. The third-order valence-corrected chi connectivity index (χ3v) is 5.80. The van der Waals surface area contributed by atoms with Gasteiger partial charge >= 0.3 is 0 Å². The molecular formula is C22H19N5O2S. The Hall–Kier alpha value is -3.36. The lowest BCUT2D eigenvalue weighted by Crippen LogP contribution is -2.24. The van der Waals surface area contributed by atoms with Gasteiger partial charge in [-0.1, -0.05) is 35.6 Å². The van der Waals surface area contributed by atoms with Crippen LogP contribution in [-0.2, 0) is 19.6 Å². The summed E-state index contributed by atoms with van der Waals surface area (Å²) in [6.45, 7) is 2.04. The molecule has 1 aliphatic heterocycles. The molecule has 2 aromatic heterocycles. The Bertz CT molecular complexity index is 1220. The molecule has 1 amide bonds. The maximum absolute atomic E-state index is 12.6. The predicted octanol–water partition coefficient (Wildman–Crippen LogP) is 3.56. The van der Waals surface area contributed by atoms with E-state index in [0.717, 1.165) is 30.4 Å². The molecule has 2 N–H and O–H groups in total. The second-order valence-corrected chi connectivity index (χ2v) is 8.05. The quantitative estimate of drug-likeness (QED) is 0.516. The Kier molecular flexibility index (Phi) is 5.08. The molecule has 3 heterocycles. The fourth-order valence-corrected chi connectivity index (χ4v) is 4.13. The molecule has 150 valence electrons. The first-order valence-electron chi connectivity index (χ1n) is 9.69. The van der Waals surface area contributed by atoms with Crippen LogP contribution >= 0.6 is 11.3 Å². The third kappa shape index (κ3) is 3.87. The van der Waals surface area contributed by atoms with E-state index in [9.17, 15) is 4.79 Å². The van der Waals surface area contributed by atoms with Crippen LogP contribution in [-0.4, -0.2) is 27.6 Å². The molecule has 0 aliphatic carbocycles. The molecule has 0 atom stereocenters. The number of pyridine rings is 1. The molecule has 0 radical (unpaired) electrons. The van der Waals surface area contributed by atoms with Crippen LogP contribution in [0.15, 0.2) is 54.7 Å². The Morgan fingerprint density at radius 1 is 1.13 bits per heavy atom. The third-order valence-electron chi connectivity index (χ3n) is 4.99. The van der Waals surface area contributed by atoms with E-state index < -0.39 is 0 Å². The highest BCUT2D eigenvalue weighted by Crippen LogP contribution is 2.25. The average molecular weight is 417 g/mol. The van der Waals surface area contributed by atoms with Gasteiger partial charge in [0.1, 0.15) is 17.9 Å². The molecule has 0 saturated carbocycles. The van der Waals surface area contributed by atoms with Crippen molar-refractivity contribution in [2.45, 2.75) is 19.6 Å². The van der Waals surface area contributed by atoms with Crippen molar-refractivity contribution in [2.24, 2.45) is 0 Å². The van der Waals surface area contributed by atoms with E-state index in [1.165, 1.54) is 22.5 Å². The standard InChI is InChI=1S/C22H19N5O2S/c28-21(16-6-7-17-12-23-10-8-15(17)11-16)25-22-27-26-19(30-22)13-29-18-5-1-3-14-4-2-9-24-20(14)18/h1-7,9,11,23H,8,10,12-13H2,(H,25,27,28). The lowest BCUT2D eigenvalue weighted by Gasteiger charge is -2.17. The molecule has 4 aromatic rings. The number of anilines is 1. The number of carbonyl (C=O) groups excluding carboxylic acids is 1. The fourth-order valence-electron chi connectivity index (χ4n) is 3.48. The van der Waals surface area contributed by atoms with Gasteiger partial charge in [0.25, 0.3) is 5.91 Å². The normalized spacial score (nSPS) is 13.1. The van der Waals surface area contributed by atoms with E-state index in [0.29, 0.717) is 21.5 Å². The molecule has 30 heavy (non-hydrogen) atoms. The van der Waals surface area contributed by atoms with Gasteiger partial charge in [0.2, 0.25) is 5.13 Å². The summed E-state index contributed by atoms with van der Waals surface area (Å²) < 4.78 is 5.90. The number of nitrogens with one attached hydrogen (secondary N) is 2. The van der Waals surface area contributed by atoms with Gasteiger partial charge in [-0.3, -0.25) is 15.1 Å². The number of aromatic nitrogens is 3.